The molecule has 4 aromatic rings. The van der Waals surface area contributed by atoms with Crippen molar-refractivity contribution >= 4 is 46.0 Å². The molecular formula is C31H31Cl2N7O3. The Morgan fingerprint density at radius 1 is 1.14 bits per heavy atom. The third-order valence-electron chi connectivity index (χ3n) is 7.01. The second-order valence-electron chi connectivity index (χ2n) is 11.3. The molecule has 5 rings (SSSR count). The summed E-state index contributed by atoms with van der Waals surface area (Å²) in [4.78, 5) is 27.3. The number of nitrogens with two attached hydrogens (primary N) is 1. The van der Waals surface area contributed by atoms with Crippen LogP contribution in [0.4, 0.5) is 5.82 Å². The predicted molar refractivity (Wildman–Crippen MR) is 167 cm³/mol. The molecule has 2 aromatic heterocycles. The van der Waals surface area contributed by atoms with Gasteiger partial charge in [0.2, 0.25) is 5.70 Å². The lowest BCUT2D eigenvalue weighted by Crippen LogP contribution is -2.41. The van der Waals surface area contributed by atoms with Crippen LogP contribution in [0.2, 0.25) is 10.0 Å². The average Bonchev–Trinajstić information content (AvgIpc) is 3.38. The highest BCUT2D eigenvalue weighted by atomic mass is 35.5. The number of hydrogen-bond acceptors (Lipinski definition) is 7. The van der Waals surface area contributed by atoms with Crippen LogP contribution in [-0.2, 0) is 4.79 Å². The summed E-state index contributed by atoms with van der Waals surface area (Å²) in [6.45, 7) is 14.4. The van der Waals surface area contributed by atoms with Crippen molar-refractivity contribution in [1.82, 2.24) is 24.6 Å². The summed E-state index contributed by atoms with van der Waals surface area (Å²) in [5, 5.41) is 6.37. The number of piperidine rings is 1. The number of anilines is 1. The number of carbonyl (C=O) groups is 1. The van der Waals surface area contributed by atoms with E-state index in [1.807, 2.05) is 31.5 Å². The first kappa shape index (κ1) is 30.1. The van der Waals surface area contributed by atoms with E-state index in [2.05, 4.69) is 14.8 Å². The Morgan fingerprint density at radius 3 is 2.63 bits per heavy atom. The van der Waals surface area contributed by atoms with Gasteiger partial charge in [0.15, 0.2) is 17.1 Å². The maximum Gasteiger partial charge on any atom is 0.252 e. The molecule has 1 atom stereocenters. The third-order valence-corrected chi connectivity index (χ3v) is 7.75. The summed E-state index contributed by atoms with van der Waals surface area (Å²) in [5.74, 6) is 1.45. The van der Waals surface area contributed by atoms with Gasteiger partial charge in [0.05, 0.1) is 35.2 Å². The molecule has 0 spiro atoms. The zero-order chi connectivity index (χ0) is 30.9. The first-order valence-electron chi connectivity index (χ1n) is 13.7. The van der Waals surface area contributed by atoms with Gasteiger partial charge in [-0.3, -0.25) is 4.79 Å². The molecule has 1 fully saturated rings. The van der Waals surface area contributed by atoms with Crippen molar-refractivity contribution < 1.29 is 14.3 Å². The van der Waals surface area contributed by atoms with Crippen LogP contribution >= 0.6 is 23.2 Å². The fourth-order valence-electron chi connectivity index (χ4n) is 5.07. The molecule has 3 heterocycles. The van der Waals surface area contributed by atoms with Crippen LogP contribution < -0.4 is 15.2 Å². The van der Waals surface area contributed by atoms with Gasteiger partial charge in [-0.15, -0.1) is 0 Å². The summed E-state index contributed by atoms with van der Waals surface area (Å²) in [5.41, 5.74) is 8.05. The van der Waals surface area contributed by atoms with Crippen LogP contribution in [0.25, 0.3) is 27.1 Å². The van der Waals surface area contributed by atoms with Gasteiger partial charge in [0.1, 0.15) is 23.6 Å². The number of hydrogen-bond donors (Lipinski definition) is 1. The van der Waals surface area contributed by atoms with Crippen LogP contribution in [-0.4, -0.2) is 50.8 Å². The highest BCUT2D eigenvalue weighted by molar-refractivity contribution is 6.42. The number of nitrogen functional groups attached to an aromatic ring is 1. The van der Waals surface area contributed by atoms with Crippen molar-refractivity contribution in [3.05, 3.63) is 76.0 Å². The fourth-order valence-corrected chi connectivity index (χ4v) is 5.36. The summed E-state index contributed by atoms with van der Waals surface area (Å²) in [6.07, 6.45) is 4.66. The van der Waals surface area contributed by atoms with Crippen molar-refractivity contribution in [1.29, 1.82) is 0 Å². The molecule has 1 aliphatic heterocycles. The van der Waals surface area contributed by atoms with E-state index < -0.39 is 0 Å². The van der Waals surface area contributed by atoms with Gasteiger partial charge in [0, 0.05) is 24.7 Å². The molecular weight excluding hydrogens is 589 g/mol. The van der Waals surface area contributed by atoms with Gasteiger partial charge >= 0.3 is 0 Å². The molecule has 1 amide bonds. The van der Waals surface area contributed by atoms with Crippen LogP contribution in [0.1, 0.15) is 39.7 Å². The molecule has 1 aliphatic rings. The van der Waals surface area contributed by atoms with E-state index in [0.29, 0.717) is 57.1 Å². The predicted octanol–water partition coefficient (Wildman–Crippen LogP) is 7.20. The van der Waals surface area contributed by atoms with E-state index in [-0.39, 0.29) is 28.9 Å². The summed E-state index contributed by atoms with van der Waals surface area (Å²) < 4.78 is 13.5. The first-order valence-corrected chi connectivity index (χ1v) is 14.4. The number of nitrogens with zero attached hydrogens (tertiary/aromatic N) is 6. The Hall–Kier alpha value is -4.33. The second-order valence-corrected chi connectivity index (χ2v) is 12.2. The van der Waals surface area contributed by atoms with Crippen molar-refractivity contribution in [2.75, 3.05) is 25.9 Å². The van der Waals surface area contributed by atoms with Crippen molar-refractivity contribution in [2.45, 2.75) is 39.7 Å². The molecule has 0 bridgehead atoms. The van der Waals surface area contributed by atoms with Gasteiger partial charge in [-0.2, -0.15) is 5.10 Å². The van der Waals surface area contributed by atoms with Gasteiger partial charge in [-0.1, -0.05) is 50.0 Å². The maximum absolute atomic E-state index is 13.3. The lowest BCUT2D eigenvalue weighted by molar-refractivity contribution is -0.128. The van der Waals surface area contributed by atoms with E-state index in [0.717, 1.165) is 18.4 Å². The lowest BCUT2D eigenvalue weighted by atomic mass is 9.95. The van der Waals surface area contributed by atoms with E-state index in [1.54, 1.807) is 48.4 Å². The minimum absolute atomic E-state index is 0.126. The maximum atomic E-state index is 13.3. The zero-order valence-electron chi connectivity index (χ0n) is 24.3. The van der Waals surface area contributed by atoms with E-state index in [9.17, 15) is 4.79 Å². The normalized spacial score (nSPS) is 15.8. The van der Waals surface area contributed by atoms with E-state index in [1.165, 1.54) is 6.33 Å². The number of halogens is 2. The number of rotatable bonds is 6. The Morgan fingerprint density at radius 2 is 1.93 bits per heavy atom. The molecule has 0 aliphatic carbocycles. The Labute approximate surface area is 259 Å². The zero-order valence-corrected chi connectivity index (χ0v) is 25.8. The summed E-state index contributed by atoms with van der Waals surface area (Å²) in [7, 11) is 1.55. The van der Waals surface area contributed by atoms with Gasteiger partial charge in [-0.25, -0.2) is 19.5 Å². The molecule has 1 saturated heterocycles. The standard InChI is InChI=1S/C31H31Cl2N7O3/c1-31(2,3)15-23(35-4)30(41)39-12-6-7-19(16-39)40-29-26(28(34)36-17-37-29)27(38-40)18-8-11-24(25(13-18)42-5)43-20-9-10-21(32)22(33)14-20/h8-11,13-15,17,19H,6-7,12,16H2,1-3,5H3,(H2,34,36,37)/b23-15-. The second kappa shape index (κ2) is 12.1. The largest absolute Gasteiger partial charge is 0.493 e. The van der Waals surface area contributed by atoms with E-state index >= 15 is 0 Å². The van der Waals surface area contributed by atoms with Crippen molar-refractivity contribution in [3.63, 3.8) is 0 Å². The Bertz CT molecular complexity index is 1770. The SMILES string of the molecule is [C-]#[N+]/C(=C\C(C)(C)C)C(=O)N1CCCC(n2nc(-c3ccc(Oc4ccc(Cl)c(Cl)c4)c(OC)c3)c3c(N)ncnc32)C1. The summed E-state index contributed by atoms with van der Waals surface area (Å²) >= 11 is 12.2. The highest BCUT2D eigenvalue weighted by Gasteiger charge is 2.31. The number of ether oxygens (including phenoxy) is 2. The number of amides is 1. The van der Waals surface area contributed by atoms with Crippen LogP contribution in [0.15, 0.2) is 54.5 Å². The number of likely N-dealkylation sites (tertiary alicyclic amines) is 1. The molecule has 1 unspecified atom stereocenters. The monoisotopic (exact) mass is 619 g/mol. The van der Waals surface area contributed by atoms with Crippen molar-refractivity contribution in [2.24, 2.45) is 5.41 Å². The number of allylic oxidation sites excluding steroid dienone is 1. The number of carbonyl (C=O) groups excluding carboxylic acids is 1. The number of fused-ring (bicyclic) bond motifs is 1. The van der Waals surface area contributed by atoms with Crippen LogP contribution in [0.5, 0.6) is 17.2 Å². The molecule has 0 saturated carbocycles. The van der Waals surface area contributed by atoms with Crippen LogP contribution in [0.3, 0.4) is 0 Å². The van der Waals surface area contributed by atoms with Gasteiger partial charge < -0.3 is 20.1 Å². The minimum Gasteiger partial charge on any atom is -0.493 e. The van der Waals surface area contributed by atoms with E-state index in [4.69, 9.17) is 50.1 Å². The fraction of sp³-hybridized carbons (Fsp3) is 0.323. The molecule has 12 heteroatoms. The Balaban J connectivity index is 1.50. The first-order chi connectivity index (χ1) is 20.5. The molecule has 2 N–H and O–H groups in total. The van der Waals surface area contributed by atoms with Crippen LogP contribution in [0, 0.1) is 12.0 Å². The highest BCUT2D eigenvalue weighted by Crippen LogP contribution is 2.40. The molecule has 43 heavy (non-hydrogen) atoms. The number of methoxy groups -OCH3 is 1. The summed E-state index contributed by atoms with van der Waals surface area (Å²) in [6, 6.07) is 10.3. The molecule has 2 aromatic carbocycles. The lowest BCUT2D eigenvalue weighted by Gasteiger charge is -2.33. The third kappa shape index (κ3) is 6.38. The molecule has 10 nitrogen and oxygen atoms in total. The number of benzene rings is 2. The Kier molecular flexibility index (Phi) is 8.49. The smallest absolute Gasteiger partial charge is 0.252 e. The molecule has 222 valence electrons. The molecule has 0 radical (unpaired) electrons. The van der Waals surface area contributed by atoms with Gasteiger partial charge in [0.25, 0.3) is 5.91 Å². The average molecular weight is 621 g/mol. The number of aromatic nitrogens is 4. The van der Waals surface area contributed by atoms with Crippen molar-refractivity contribution in [3.8, 4) is 28.5 Å². The minimum atomic E-state index is -0.296. The van der Waals surface area contributed by atoms with Gasteiger partial charge in [-0.05, 0) is 48.6 Å². The topological polar surface area (TPSA) is 113 Å². The quantitative estimate of drug-likeness (QED) is 0.179.